The second-order valence-corrected chi connectivity index (χ2v) is 4.14. The molecule has 0 unspecified atom stereocenters. The Morgan fingerprint density at radius 3 is 2.50 bits per heavy atom. The number of anilines is 1. The van der Waals surface area contributed by atoms with Gasteiger partial charge in [-0.15, -0.1) is 13.2 Å². The Hall–Kier alpha value is -2.63. The van der Waals surface area contributed by atoms with Crippen LogP contribution in [0.4, 0.5) is 16.2 Å². The van der Waals surface area contributed by atoms with Crippen LogP contribution in [0.2, 0.25) is 0 Å². The fourth-order valence-electron chi connectivity index (χ4n) is 1.71. The molecule has 1 N–H and O–H groups in total. The number of hydrogen-bond acceptors (Lipinski definition) is 3. The van der Waals surface area contributed by atoms with Crippen molar-refractivity contribution in [3.63, 3.8) is 0 Å². The molecule has 0 fully saturated rings. The molecular formula is C14H17N3O3. The normalized spacial score (nSPS) is 9.65. The van der Waals surface area contributed by atoms with E-state index in [1.54, 1.807) is 31.2 Å². The Bertz CT molecular complexity index is 530. The summed E-state index contributed by atoms with van der Waals surface area (Å²) < 4.78 is 0. The molecule has 0 aliphatic carbocycles. The Kier molecular flexibility index (Phi) is 5.46. The molecule has 0 bridgehead atoms. The van der Waals surface area contributed by atoms with Gasteiger partial charge >= 0.3 is 6.03 Å². The van der Waals surface area contributed by atoms with Crippen LogP contribution >= 0.6 is 0 Å². The van der Waals surface area contributed by atoms with Gasteiger partial charge in [0.25, 0.3) is 5.69 Å². The van der Waals surface area contributed by atoms with Crippen molar-refractivity contribution in [2.45, 2.75) is 6.92 Å². The summed E-state index contributed by atoms with van der Waals surface area (Å²) in [6, 6.07) is 4.21. The number of hydrogen-bond donors (Lipinski definition) is 1. The Balaban J connectivity index is 3.02. The standard InChI is InChI=1S/C14H17N3O3/c1-4-9-16(10-5-2)14(18)15-13-11(3)7-6-8-12(13)17(19)20/h4-8H,1-2,9-10H2,3H3,(H,15,18). The van der Waals surface area contributed by atoms with Gasteiger partial charge in [0.15, 0.2) is 0 Å². The van der Waals surface area contributed by atoms with Gasteiger partial charge in [-0.1, -0.05) is 24.3 Å². The summed E-state index contributed by atoms with van der Waals surface area (Å²) in [6.07, 6.45) is 3.16. The van der Waals surface area contributed by atoms with Gasteiger partial charge < -0.3 is 10.2 Å². The number of nitrogens with zero attached hydrogens (tertiary/aromatic N) is 2. The van der Waals surface area contributed by atoms with E-state index in [9.17, 15) is 14.9 Å². The van der Waals surface area contributed by atoms with Gasteiger partial charge in [-0.2, -0.15) is 0 Å². The molecule has 6 heteroatoms. The molecule has 106 valence electrons. The topological polar surface area (TPSA) is 75.5 Å². The van der Waals surface area contributed by atoms with E-state index in [4.69, 9.17) is 0 Å². The van der Waals surface area contributed by atoms with Crippen LogP contribution in [-0.2, 0) is 0 Å². The van der Waals surface area contributed by atoms with Crippen LogP contribution in [0.1, 0.15) is 5.56 Å². The number of nitrogens with one attached hydrogen (secondary N) is 1. The number of amides is 2. The lowest BCUT2D eigenvalue weighted by molar-refractivity contribution is -0.384. The average Bonchev–Trinajstić information content (AvgIpc) is 2.40. The summed E-state index contributed by atoms with van der Waals surface area (Å²) in [7, 11) is 0. The molecule has 6 nitrogen and oxygen atoms in total. The first-order valence-corrected chi connectivity index (χ1v) is 6.03. The fourth-order valence-corrected chi connectivity index (χ4v) is 1.71. The van der Waals surface area contributed by atoms with Crippen molar-refractivity contribution in [2.24, 2.45) is 0 Å². The van der Waals surface area contributed by atoms with Crippen LogP contribution in [0.5, 0.6) is 0 Å². The number of nitro groups is 1. The molecule has 2 amide bonds. The molecule has 0 saturated carbocycles. The molecule has 0 radical (unpaired) electrons. The average molecular weight is 275 g/mol. The number of nitro benzene ring substituents is 1. The summed E-state index contributed by atoms with van der Waals surface area (Å²) in [5.41, 5.74) is 0.709. The highest BCUT2D eigenvalue weighted by Crippen LogP contribution is 2.27. The van der Waals surface area contributed by atoms with Crippen molar-refractivity contribution >= 4 is 17.4 Å². The molecular weight excluding hydrogens is 258 g/mol. The van der Waals surface area contributed by atoms with Crippen LogP contribution < -0.4 is 5.32 Å². The van der Waals surface area contributed by atoms with E-state index in [0.29, 0.717) is 18.7 Å². The first kappa shape index (κ1) is 15.4. The molecule has 0 aliphatic rings. The zero-order valence-electron chi connectivity index (χ0n) is 11.3. The van der Waals surface area contributed by atoms with E-state index >= 15 is 0 Å². The molecule has 0 saturated heterocycles. The number of carbonyl (C=O) groups excluding carboxylic acids is 1. The highest BCUT2D eigenvalue weighted by Gasteiger charge is 2.19. The number of para-hydroxylation sites is 1. The monoisotopic (exact) mass is 275 g/mol. The molecule has 0 spiro atoms. The second kappa shape index (κ2) is 7.08. The van der Waals surface area contributed by atoms with Crippen LogP contribution in [0, 0.1) is 17.0 Å². The zero-order chi connectivity index (χ0) is 15.1. The Morgan fingerprint density at radius 1 is 1.40 bits per heavy atom. The lowest BCUT2D eigenvalue weighted by Crippen LogP contribution is -2.35. The fraction of sp³-hybridized carbons (Fsp3) is 0.214. The second-order valence-electron chi connectivity index (χ2n) is 4.14. The number of urea groups is 1. The molecule has 1 aromatic carbocycles. The van der Waals surface area contributed by atoms with Gasteiger partial charge in [0.2, 0.25) is 0 Å². The third-order valence-corrected chi connectivity index (χ3v) is 2.67. The van der Waals surface area contributed by atoms with Gasteiger partial charge in [0.1, 0.15) is 5.69 Å². The predicted octanol–water partition coefficient (Wildman–Crippen LogP) is 3.11. The maximum Gasteiger partial charge on any atom is 0.322 e. The highest BCUT2D eigenvalue weighted by molar-refractivity contribution is 5.93. The maximum absolute atomic E-state index is 12.1. The van der Waals surface area contributed by atoms with E-state index in [1.807, 2.05) is 0 Å². The van der Waals surface area contributed by atoms with E-state index in [2.05, 4.69) is 18.5 Å². The molecule has 0 aliphatic heterocycles. The van der Waals surface area contributed by atoms with Crippen molar-refractivity contribution in [3.8, 4) is 0 Å². The lowest BCUT2D eigenvalue weighted by Gasteiger charge is -2.20. The van der Waals surface area contributed by atoms with Crippen molar-refractivity contribution in [3.05, 3.63) is 59.2 Å². The van der Waals surface area contributed by atoms with Gasteiger partial charge in [0.05, 0.1) is 4.92 Å². The summed E-state index contributed by atoms with van der Waals surface area (Å²) >= 11 is 0. The molecule has 1 aromatic rings. The minimum atomic E-state index is -0.520. The molecule has 0 heterocycles. The van der Waals surface area contributed by atoms with E-state index in [-0.39, 0.29) is 11.4 Å². The minimum absolute atomic E-state index is 0.129. The molecule has 20 heavy (non-hydrogen) atoms. The van der Waals surface area contributed by atoms with Crippen molar-refractivity contribution in [1.82, 2.24) is 4.90 Å². The van der Waals surface area contributed by atoms with E-state index < -0.39 is 11.0 Å². The number of carbonyl (C=O) groups is 1. The zero-order valence-corrected chi connectivity index (χ0v) is 11.3. The number of benzene rings is 1. The number of rotatable bonds is 6. The number of aryl methyl sites for hydroxylation is 1. The lowest BCUT2D eigenvalue weighted by atomic mass is 10.1. The van der Waals surface area contributed by atoms with Gasteiger partial charge in [-0.05, 0) is 12.5 Å². The van der Waals surface area contributed by atoms with Gasteiger partial charge in [-0.3, -0.25) is 10.1 Å². The van der Waals surface area contributed by atoms with Crippen LogP contribution in [0.15, 0.2) is 43.5 Å². The SMILES string of the molecule is C=CCN(CC=C)C(=O)Nc1c(C)cccc1[N+](=O)[O-]. The van der Waals surface area contributed by atoms with E-state index in [1.165, 1.54) is 11.0 Å². The summed E-state index contributed by atoms with van der Waals surface area (Å²) in [6.45, 7) is 9.51. The maximum atomic E-state index is 12.1. The van der Waals surface area contributed by atoms with E-state index in [0.717, 1.165) is 0 Å². The summed E-state index contributed by atoms with van der Waals surface area (Å²) in [4.78, 5) is 24.0. The predicted molar refractivity (Wildman–Crippen MR) is 78.8 cm³/mol. The first-order chi connectivity index (χ1) is 9.51. The molecule has 0 atom stereocenters. The van der Waals surface area contributed by atoms with Crippen LogP contribution in [0.3, 0.4) is 0 Å². The summed E-state index contributed by atoms with van der Waals surface area (Å²) in [5, 5.41) is 13.6. The molecule has 1 rings (SSSR count). The third-order valence-electron chi connectivity index (χ3n) is 2.67. The van der Waals surface area contributed by atoms with Gasteiger partial charge in [0, 0.05) is 19.2 Å². The molecule has 0 aromatic heterocycles. The highest BCUT2D eigenvalue weighted by atomic mass is 16.6. The van der Waals surface area contributed by atoms with Gasteiger partial charge in [-0.25, -0.2) is 4.79 Å². The Morgan fingerprint density at radius 2 is 2.00 bits per heavy atom. The van der Waals surface area contributed by atoms with Crippen LogP contribution in [-0.4, -0.2) is 28.9 Å². The quantitative estimate of drug-likeness (QED) is 0.492. The van der Waals surface area contributed by atoms with Crippen LogP contribution in [0.25, 0.3) is 0 Å². The largest absolute Gasteiger partial charge is 0.322 e. The smallest absolute Gasteiger partial charge is 0.317 e. The van der Waals surface area contributed by atoms with Crippen molar-refractivity contribution in [2.75, 3.05) is 18.4 Å². The van der Waals surface area contributed by atoms with Crippen molar-refractivity contribution in [1.29, 1.82) is 0 Å². The third kappa shape index (κ3) is 3.68. The van der Waals surface area contributed by atoms with Crippen molar-refractivity contribution < 1.29 is 9.72 Å². The first-order valence-electron chi connectivity index (χ1n) is 6.03. The summed E-state index contributed by atoms with van der Waals surface area (Å²) in [5.74, 6) is 0. The Labute approximate surface area is 117 Å². The minimum Gasteiger partial charge on any atom is -0.317 e.